The van der Waals surface area contributed by atoms with E-state index in [0.29, 0.717) is 15.7 Å². The average molecular weight is 480 g/mol. The summed E-state index contributed by atoms with van der Waals surface area (Å²) in [5.41, 5.74) is 9.54. The predicted molar refractivity (Wildman–Crippen MR) is 114 cm³/mol. The van der Waals surface area contributed by atoms with Crippen LogP contribution in [0.3, 0.4) is 0 Å². The fourth-order valence-electron chi connectivity index (χ4n) is 2.74. The topological polar surface area (TPSA) is 80.9 Å². The van der Waals surface area contributed by atoms with Gasteiger partial charge in [-0.05, 0) is 66.3 Å². The molecule has 0 saturated carbocycles. The van der Waals surface area contributed by atoms with Gasteiger partial charge in [0.25, 0.3) is 5.91 Å². The van der Waals surface area contributed by atoms with Crippen LogP contribution in [0.25, 0.3) is 20.4 Å². The number of fused-ring (bicyclic) bond motifs is 2. The number of carbonyl (C=O) groups is 1. The van der Waals surface area contributed by atoms with Crippen LogP contribution >= 0.6 is 45.3 Å². The Balaban J connectivity index is 1.71. The number of thiophene rings is 1. The lowest BCUT2D eigenvalue weighted by Crippen LogP contribution is -2.11. The smallest absolute Gasteiger partial charge is 0.269 e. The number of hydrogen-bond donors (Lipinski definition) is 2. The van der Waals surface area contributed by atoms with Crippen LogP contribution in [0.15, 0.2) is 24.3 Å². The van der Waals surface area contributed by atoms with Crippen LogP contribution in [0.1, 0.15) is 20.9 Å². The lowest BCUT2D eigenvalue weighted by Gasteiger charge is -2.01. The van der Waals surface area contributed by atoms with E-state index in [1.54, 1.807) is 0 Å². The van der Waals surface area contributed by atoms with Crippen molar-refractivity contribution < 1.29 is 4.79 Å². The van der Waals surface area contributed by atoms with Gasteiger partial charge in [0.05, 0.1) is 15.9 Å². The van der Waals surface area contributed by atoms with Crippen molar-refractivity contribution in [3.05, 3.63) is 44.0 Å². The van der Waals surface area contributed by atoms with Gasteiger partial charge in [-0.15, -0.1) is 11.3 Å². The van der Waals surface area contributed by atoms with Crippen LogP contribution in [0, 0.1) is 17.4 Å². The average Bonchev–Trinajstić information content (AvgIpc) is 3.07. The Bertz CT molecular complexity index is 1150. The van der Waals surface area contributed by atoms with Crippen molar-refractivity contribution in [1.82, 2.24) is 9.97 Å². The Morgan fingerprint density at radius 3 is 2.80 bits per heavy atom. The van der Waals surface area contributed by atoms with Gasteiger partial charge in [-0.25, -0.2) is 9.97 Å². The van der Waals surface area contributed by atoms with Crippen LogP contribution in [-0.4, -0.2) is 15.9 Å². The molecule has 5 nitrogen and oxygen atoms in total. The van der Waals surface area contributed by atoms with E-state index in [2.05, 4.69) is 37.9 Å². The number of carbonyl (C=O) groups excluding carboxylic acids is 1. The number of halogens is 1. The molecule has 3 heterocycles. The van der Waals surface area contributed by atoms with Gasteiger partial charge in [-0.3, -0.25) is 10.1 Å². The molecule has 3 N–H and O–H groups in total. The first kappa shape index (κ1) is 16.7. The van der Waals surface area contributed by atoms with Crippen molar-refractivity contribution in [2.45, 2.75) is 13.8 Å². The molecule has 0 radical (unpaired) electrons. The van der Waals surface area contributed by atoms with Gasteiger partial charge in [-0.1, -0.05) is 11.3 Å². The second-order valence-electron chi connectivity index (χ2n) is 5.69. The largest absolute Gasteiger partial charge is 0.397 e. The number of nitrogens with two attached hydrogens (primary N) is 1. The molecule has 4 rings (SSSR count). The van der Waals surface area contributed by atoms with Crippen molar-refractivity contribution in [1.29, 1.82) is 0 Å². The molecule has 0 fully saturated rings. The molecule has 0 bridgehead atoms. The maximum Gasteiger partial charge on any atom is 0.269 e. The van der Waals surface area contributed by atoms with Gasteiger partial charge >= 0.3 is 0 Å². The number of aromatic nitrogens is 2. The first-order valence-corrected chi connectivity index (χ1v) is 10.2. The molecule has 0 aliphatic heterocycles. The Morgan fingerprint density at radius 1 is 1.20 bits per heavy atom. The minimum absolute atomic E-state index is 0.244. The number of amides is 1. The standard InChI is InChI=1S/C17H13IN4OS2/c1-7-5-8(2)20-16-12(7)13(19)14(25-16)15(23)22-17-21-10-4-3-9(18)6-11(10)24-17/h3-6H,19H2,1-2H3,(H,21,22,23). The van der Waals surface area contributed by atoms with Gasteiger partial charge in [0, 0.05) is 14.7 Å². The minimum atomic E-state index is -0.244. The highest BCUT2D eigenvalue weighted by Crippen LogP contribution is 2.36. The van der Waals surface area contributed by atoms with Crippen LogP contribution < -0.4 is 11.1 Å². The molecule has 0 saturated heterocycles. The van der Waals surface area contributed by atoms with E-state index in [1.807, 2.05) is 38.1 Å². The van der Waals surface area contributed by atoms with E-state index in [-0.39, 0.29) is 5.91 Å². The number of benzene rings is 1. The summed E-state index contributed by atoms with van der Waals surface area (Å²) in [5, 5.41) is 4.30. The van der Waals surface area contributed by atoms with E-state index >= 15 is 0 Å². The second-order valence-corrected chi connectivity index (χ2v) is 8.97. The van der Waals surface area contributed by atoms with E-state index in [4.69, 9.17) is 5.73 Å². The third-order valence-electron chi connectivity index (χ3n) is 3.80. The van der Waals surface area contributed by atoms with Crippen molar-refractivity contribution in [3.8, 4) is 0 Å². The zero-order chi connectivity index (χ0) is 17.7. The second kappa shape index (κ2) is 6.19. The van der Waals surface area contributed by atoms with Crippen molar-refractivity contribution >= 4 is 82.4 Å². The predicted octanol–water partition coefficient (Wildman–Crippen LogP) is 4.96. The van der Waals surface area contributed by atoms with E-state index in [0.717, 1.165) is 35.3 Å². The lowest BCUT2D eigenvalue weighted by atomic mass is 10.1. The summed E-state index contributed by atoms with van der Waals surface area (Å²) in [4.78, 5) is 22.9. The molecule has 1 amide bonds. The molecule has 126 valence electrons. The number of aryl methyl sites for hydroxylation is 2. The van der Waals surface area contributed by atoms with E-state index < -0.39 is 0 Å². The number of nitrogens with one attached hydrogen (secondary N) is 1. The zero-order valence-corrected chi connectivity index (χ0v) is 17.2. The molecular weight excluding hydrogens is 467 g/mol. The fraction of sp³-hybridized carbons (Fsp3) is 0.118. The molecule has 0 spiro atoms. The van der Waals surface area contributed by atoms with Crippen LogP contribution in [0.2, 0.25) is 0 Å². The Morgan fingerprint density at radius 2 is 2.00 bits per heavy atom. The number of hydrogen-bond acceptors (Lipinski definition) is 6. The van der Waals surface area contributed by atoms with Gasteiger partial charge in [-0.2, -0.15) is 0 Å². The van der Waals surface area contributed by atoms with Crippen LogP contribution in [0.5, 0.6) is 0 Å². The van der Waals surface area contributed by atoms with Crippen LogP contribution in [-0.2, 0) is 0 Å². The quantitative estimate of drug-likeness (QED) is 0.398. The van der Waals surface area contributed by atoms with Crippen molar-refractivity contribution in [3.63, 3.8) is 0 Å². The van der Waals surface area contributed by atoms with Gasteiger partial charge in [0.2, 0.25) is 0 Å². The van der Waals surface area contributed by atoms with Crippen LogP contribution in [0.4, 0.5) is 10.8 Å². The molecule has 0 aliphatic rings. The fourth-order valence-corrected chi connectivity index (χ4v) is 5.46. The highest BCUT2D eigenvalue weighted by Gasteiger charge is 2.20. The lowest BCUT2D eigenvalue weighted by molar-refractivity contribution is 0.103. The molecule has 8 heteroatoms. The Labute approximate surface area is 165 Å². The molecule has 0 atom stereocenters. The van der Waals surface area contributed by atoms with E-state index in [1.165, 1.54) is 22.7 Å². The molecule has 25 heavy (non-hydrogen) atoms. The summed E-state index contributed by atoms with van der Waals surface area (Å²) < 4.78 is 2.18. The SMILES string of the molecule is Cc1cc(C)c2c(N)c(C(=O)Nc3nc4ccc(I)cc4s3)sc2n1. The summed E-state index contributed by atoms with van der Waals surface area (Å²) in [6, 6.07) is 7.97. The highest BCUT2D eigenvalue weighted by molar-refractivity contribution is 14.1. The third kappa shape index (κ3) is 2.98. The molecular formula is C17H13IN4OS2. The van der Waals surface area contributed by atoms with Gasteiger partial charge in [0.1, 0.15) is 9.71 Å². The summed E-state index contributed by atoms with van der Waals surface area (Å²) >= 11 is 5.03. The van der Waals surface area contributed by atoms with E-state index in [9.17, 15) is 4.79 Å². The summed E-state index contributed by atoms with van der Waals surface area (Å²) in [5.74, 6) is -0.244. The summed E-state index contributed by atoms with van der Waals surface area (Å²) in [6.07, 6.45) is 0. The normalized spacial score (nSPS) is 11.3. The number of pyridine rings is 1. The van der Waals surface area contributed by atoms with Crippen molar-refractivity contribution in [2.24, 2.45) is 0 Å². The Kier molecular flexibility index (Phi) is 4.13. The molecule has 0 unspecified atom stereocenters. The number of thiazole rings is 1. The number of nitrogen functional groups attached to an aromatic ring is 1. The molecule has 0 aliphatic carbocycles. The zero-order valence-electron chi connectivity index (χ0n) is 13.4. The summed E-state index contributed by atoms with van der Waals surface area (Å²) in [6.45, 7) is 3.92. The maximum absolute atomic E-state index is 12.7. The first-order chi connectivity index (χ1) is 11.9. The number of nitrogens with zero attached hydrogens (tertiary/aromatic N) is 2. The summed E-state index contributed by atoms with van der Waals surface area (Å²) in [7, 11) is 0. The third-order valence-corrected chi connectivity index (χ3v) is 6.50. The first-order valence-electron chi connectivity index (χ1n) is 7.46. The highest BCUT2D eigenvalue weighted by atomic mass is 127. The van der Waals surface area contributed by atoms with Gasteiger partial charge < -0.3 is 5.73 Å². The minimum Gasteiger partial charge on any atom is -0.397 e. The maximum atomic E-state index is 12.7. The number of anilines is 2. The molecule has 1 aromatic carbocycles. The van der Waals surface area contributed by atoms with Gasteiger partial charge in [0.15, 0.2) is 5.13 Å². The monoisotopic (exact) mass is 480 g/mol. The van der Waals surface area contributed by atoms with Crippen molar-refractivity contribution in [2.75, 3.05) is 11.1 Å². The number of rotatable bonds is 2. The Hall–Kier alpha value is -1.78. The molecule has 3 aromatic heterocycles. The molecule has 4 aromatic rings.